The Bertz CT molecular complexity index is 277. The monoisotopic (exact) mass is 151 g/mol. The Morgan fingerprint density at radius 1 is 1.73 bits per heavy atom. The Morgan fingerprint density at radius 3 is 3.09 bits per heavy atom. The van der Waals surface area contributed by atoms with Gasteiger partial charge in [0.25, 0.3) is 0 Å². The Kier molecular flexibility index (Phi) is 1.29. The smallest absolute Gasteiger partial charge is 0.0540 e. The van der Waals surface area contributed by atoms with Crippen LogP contribution in [0.4, 0.5) is 0 Å². The molecule has 0 aromatic carbocycles. The van der Waals surface area contributed by atoms with Gasteiger partial charge in [-0.05, 0) is 12.3 Å². The molecule has 3 nitrogen and oxygen atoms in total. The fourth-order valence-corrected chi connectivity index (χ4v) is 1.75. The molecule has 2 rings (SSSR count). The van der Waals surface area contributed by atoms with Crippen LogP contribution in [0.1, 0.15) is 24.2 Å². The van der Waals surface area contributed by atoms with E-state index < -0.39 is 0 Å². The number of nitrogens with zero attached hydrogens (tertiary/aromatic N) is 2. The van der Waals surface area contributed by atoms with Crippen molar-refractivity contribution in [1.82, 2.24) is 9.78 Å². The summed E-state index contributed by atoms with van der Waals surface area (Å²) in [5, 5.41) is 4.16. The van der Waals surface area contributed by atoms with Crippen molar-refractivity contribution in [3.05, 3.63) is 17.5 Å². The molecule has 0 saturated heterocycles. The van der Waals surface area contributed by atoms with Gasteiger partial charge in [0.2, 0.25) is 0 Å². The first-order chi connectivity index (χ1) is 5.20. The second-order valence-electron chi connectivity index (χ2n) is 3.38. The Morgan fingerprint density at radius 2 is 2.45 bits per heavy atom. The zero-order valence-electron chi connectivity index (χ0n) is 6.91. The number of nitrogens with two attached hydrogens (primary N) is 1. The van der Waals surface area contributed by atoms with E-state index in [1.165, 1.54) is 11.3 Å². The summed E-state index contributed by atoms with van der Waals surface area (Å²) < 4.78 is 1.93. The van der Waals surface area contributed by atoms with E-state index in [-0.39, 0.29) is 6.04 Å². The minimum atomic E-state index is 0.207. The summed E-state index contributed by atoms with van der Waals surface area (Å²) in [6.07, 6.45) is 2.97. The van der Waals surface area contributed by atoms with Crippen molar-refractivity contribution in [3.63, 3.8) is 0 Å². The lowest BCUT2D eigenvalue weighted by Gasteiger charge is -2.07. The third kappa shape index (κ3) is 0.807. The Balaban J connectivity index is 2.47. The van der Waals surface area contributed by atoms with Gasteiger partial charge in [-0.25, -0.2) is 0 Å². The highest BCUT2D eigenvalue weighted by atomic mass is 15.3. The number of hydrogen-bond donors (Lipinski definition) is 1. The van der Waals surface area contributed by atoms with E-state index in [0.29, 0.717) is 5.92 Å². The fraction of sp³-hybridized carbons (Fsp3) is 0.625. The predicted molar refractivity (Wildman–Crippen MR) is 43.0 cm³/mol. The largest absolute Gasteiger partial charge is 0.324 e. The molecule has 1 aromatic heterocycles. The van der Waals surface area contributed by atoms with E-state index in [1.807, 2.05) is 17.9 Å². The molecule has 0 bridgehead atoms. The van der Waals surface area contributed by atoms with E-state index in [4.69, 9.17) is 5.73 Å². The number of fused-ring (bicyclic) bond motifs is 1. The van der Waals surface area contributed by atoms with Crippen LogP contribution in [-0.2, 0) is 13.5 Å². The number of aryl methyl sites for hydroxylation is 1. The van der Waals surface area contributed by atoms with Gasteiger partial charge in [0.05, 0.1) is 6.20 Å². The first-order valence-corrected chi connectivity index (χ1v) is 3.96. The van der Waals surface area contributed by atoms with Gasteiger partial charge in [-0.1, -0.05) is 6.92 Å². The quantitative estimate of drug-likeness (QED) is 0.590. The van der Waals surface area contributed by atoms with Gasteiger partial charge >= 0.3 is 0 Å². The van der Waals surface area contributed by atoms with Crippen LogP contribution in [0.3, 0.4) is 0 Å². The first-order valence-electron chi connectivity index (χ1n) is 3.96. The van der Waals surface area contributed by atoms with Crippen molar-refractivity contribution >= 4 is 0 Å². The van der Waals surface area contributed by atoms with Crippen LogP contribution in [0.5, 0.6) is 0 Å². The van der Waals surface area contributed by atoms with E-state index in [9.17, 15) is 0 Å². The highest BCUT2D eigenvalue weighted by Crippen LogP contribution is 2.32. The van der Waals surface area contributed by atoms with Crippen molar-refractivity contribution in [2.45, 2.75) is 19.4 Å². The van der Waals surface area contributed by atoms with E-state index in [1.54, 1.807) is 0 Å². The maximum atomic E-state index is 5.95. The molecule has 3 heteroatoms. The van der Waals surface area contributed by atoms with Crippen LogP contribution < -0.4 is 5.73 Å². The van der Waals surface area contributed by atoms with Crippen LogP contribution >= 0.6 is 0 Å². The average Bonchev–Trinajstić information content (AvgIpc) is 2.43. The zero-order valence-corrected chi connectivity index (χ0v) is 6.91. The van der Waals surface area contributed by atoms with Crippen molar-refractivity contribution in [1.29, 1.82) is 0 Å². The van der Waals surface area contributed by atoms with E-state index in [0.717, 1.165) is 6.42 Å². The predicted octanol–water partition coefficient (Wildman–Crippen LogP) is 0.612. The SMILES string of the molecule is CC1Cc2c(cnn2C)C1N. The summed E-state index contributed by atoms with van der Waals surface area (Å²) in [6.45, 7) is 2.19. The molecule has 60 valence electrons. The molecular formula is C8H13N3. The molecule has 0 fully saturated rings. The maximum Gasteiger partial charge on any atom is 0.0540 e. The summed E-state index contributed by atoms with van der Waals surface area (Å²) in [5.41, 5.74) is 8.50. The summed E-state index contributed by atoms with van der Waals surface area (Å²) >= 11 is 0. The minimum Gasteiger partial charge on any atom is -0.324 e. The zero-order chi connectivity index (χ0) is 8.01. The van der Waals surface area contributed by atoms with Gasteiger partial charge < -0.3 is 5.73 Å². The van der Waals surface area contributed by atoms with Crippen LogP contribution in [0.15, 0.2) is 6.20 Å². The Labute approximate surface area is 66.2 Å². The van der Waals surface area contributed by atoms with Crippen LogP contribution in [0.25, 0.3) is 0 Å². The second-order valence-corrected chi connectivity index (χ2v) is 3.38. The molecule has 2 N–H and O–H groups in total. The van der Waals surface area contributed by atoms with E-state index >= 15 is 0 Å². The normalized spacial score (nSPS) is 29.0. The lowest BCUT2D eigenvalue weighted by Crippen LogP contribution is -2.13. The lowest BCUT2D eigenvalue weighted by atomic mass is 10.1. The molecule has 0 saturated carbocycles. The molecule has 0 radical (unpaired) electrons. The highest BCUT2D eigenvalue weighted by molar-refractivity contribution is 5.28. The standard InChI is InChI=1S/C8H13N3/c1-5-3-7-6(8(5)9)4-10-11(7)2/h4-5,8H,3,9H2,1-2H3. The first kappa shape index (κ1) is 6.85. The Hall–Kier alpha value is -0.830. The van der Waals surface area contributed by atoms with Crippen molar-refractivity contribution in [2.24, 2.45) is 18.7 Å². The van der Waals surface area contributed by atoms with Crippen LogP contribution in [0.2, 0.25) is 0 Å². The minimum absolute atomic E-state index is 0.207. The number of rotatable bonds is 0. The highest BCUT2D eigenvalue weighted by Gasteiger charge is 2.28. The molecule has 1 heterocycles. The third-order valence-corrected chi connectivity index (χ3v) is 2.58. The second kappa shape index (κ2) is 2.08. The number of hydrogen-bond acceptors (Lipinski definition) is 2. The van der Waals surface area contributed by atoms with Gasteiger partial charge in [0.15, 0.2) is 0 Å². The van der Waals surface area contributed by atoms with E-state index in [2.05, 4.69) is 12.0 Å². The van der Waals surface area contributed by atoms with Crippen LogP contribution in [-0.4, -0.2) is 9.78 Å². The van der Waals surface area contributed by atoms with Crippen molar-refractivity contribution in [2.75, 3.05) is 0 Å². The molecule has 0 amide bonds. The summed E-state index contributed by atoms with van der Waals surface area (Å²) in [7, 11) is 1.98. The molecule has 1 aromatic rings. The third-order valence-electron chi connectivity index (χ3n) is 2.58. The molecule has 1 aliphatic carbocycles. The molecule has 2 atom stereocenters. The average molecular weight is 151 g/mol. The van der Waals surface area contributed by atoms with Crippen LogP contribution in [0, 0.1) is 5.92 Å². The molecule has 0 spiro atoms. The summed E-state index contributed by atoms with van der Waals surface area (Å²) in [5.74, 6) is 0.578. The van der Waals surface area contributed by atoms with Crippen molar-refractivity contribution < 1.29 is 0 Å². The molecular weight excluding hydrogens is 138 g/mol. The van der Waals surface area contributed by atoms with Gasteiger partial charge in [0.1, 0.15) is 0 Å². The molecule has 1 aliphatic rings. The maximum absolute atomic E-state index is 5.95. The number of aromatic nitrogens is 2. The van der Waals surface area contributed by atoms with Gasteiger partial charge in [0, 0.05) is 24.3 Å². The van der Waals surface area contributed by atoms with Crippen molar-refractivity contribution in [3.8, 4) is 0 Å². The van der Waals surface area contributed by atoms with Gasteiger partial charge in [-0.15, -0.1) is 0 Å². The summed E-state index contributed by atoms with van der Waals surface area (Å²) in [6, 6.07) is 0.207. The fourth-order valence-electron chi connectivity index (χ4n) is 1.75. The molecule has 0 aliphatic heterocycles. The topological polar surface area (TPSA) is 43.8 Å². The molecule has 11 heavy (non-hydrogen) atoms. The lowest BCUT2D eigenvalue weighted by molar-refractivity contribution is 0.500. The summed E-state index contributed by atoms with van der Waals surface area (Å²) in [4.78, 5) is 0. The van der Waals surface area contributed by atoms with Gasteiger partial charge in [-0.3, -0.25) is 4.68 Å². The molecule has 2 unspecified atom stereocenters. The van der Waals surface area contributed by atoms with Gasteiger partial charge in [-0.2, -0.15) is 5.10 Å².